The maximum Gasteiger partial charge on any atom is 0.337 e. The largest absolute Gasteiger partial charge is 0.478 e. The second-order valence-electron chi connectivity index (χ2n) is 4.48. The molecule has 0 heterocycles. The fourth-order valence-electron chi connectivity index (χ4n) is 1.88. The van der Waals surface area contributed by atoms with E-state index in [4.69, 9.17) is 10.8 Å². The summed E-state index contributed by atoms with van der Waals surface area (Å²) in [6.45, 7) is -0.238. The van der Waals surface area contributed by atoms with Crippen molar-refractivity contribution in [2.45, 2.75) is 0 Å². The van der Waals surface area contributed by atoms with Crippen molar-refractivity contribution in [3.63, 3.8) is 0 Å². The molecule has 22 heavy (non-hydrogen) atoms. The van der Waals surface area contributed by atoms with E-state index in [0.717, 1.165) is 12.1 Å². The van der Waals surface area contributed by atoms with Crippen molar-refractivity contribution < 1.29 is 23.5 Å². The van der Waals surface area contributed by atoms with Crippen LogP contribution in [0.3, 0.4) is 0 Å². The van der Waals surface area contributed by atoms with Crippen LogP contribution in [0.5, 0.6) is 0 Å². The SMILES string of the molecule is Nc1c(C(=O)O)cccc1C(=O)CNc1ccc(F)c(F)c1. The van der Waals surface area contributed by atoms with Gasteiger partial charge in [-0.1, -0.05) is 6.07 Å². The van der Waals surface area contributed by atoms with Crippen LogP contribution in [0.25, 0.3) is 0 Å². The molecule has 0 spiro atoms. The lowest BCUT2D eigenvalue weighted by Crippen LogP contribution is -2.17. The fraction of sp³-hybridized carbons (Fsp3) is 0.0667. The number of carboxylic acid groups (broad SMARTS) is 1. The van der Waals surface area contributed by atoms with Gasteiger partial charge in [-0.3, -0.25) is 4.79 Å². The first kappa shape index (κ1) is 15.4. The van der Waals surface area contributed by atoms with E-state index in [1.54, 1.807) is 0 Å². The van der Waals surface area contributed by atoms with Crippen molar-refractivity contribution in [3.05, 3.63) is 59.2 Å². The maximum absolute atomic E-state index is 13.0. The summed E-state index contributed by atoms with van der Waals surface area (Å²) in [7, 11) is 0. The molecule has 0 fully saturated rings. The minimum absolute atomic E-state index is 0.0509. The molecule has 0 aromatic heterocycles. The van der Waals surface area contributed by atoms with Crippen LogP contribution in [-0.2, 0) is 0 Å². The standard InChI is InChI=1S/C15H12F2N2O3/c16-11-5-4-8(6-12(11)17)19-7-13(20)9-2-1-3-10(14(9)18)15(21)22/h1-6,19H,7,18H2,(H,21,22). The van der Waals surface area contributed by atoms with Gasteiger partial charge >= 0.3 is 5.97 Å². The van der Waals surface area contributed by atoms with E-state index in [0.29, 0.717) is 0 Å². The Balaban J connectivity index is 2.14. The number of hydrogen-bond acceptors (Lipinski definition) is 4. The summed E-state index contributed by atoms with van der Waals surface area (Å²) in [4.78, 5) is 23.0. The van der Waals surface area contributed by atoms with Crippen LogP contribution in [-0.4, -0.2) is 23.4 Å². The second-order valence-corrected chi connectivity index (χ2v) is 4.48. The van der Waals surface area contributed by atoms with Gasteiger partial charge in [-0.15, -0.1) is 0 Å². The highest BCUT2D eigenvalue weighted by Gasteiger charge is 2.16. The quantitative estimate of drug-likeness (QED) is 0.583. The number of ketones is 1. The Morgan fingerprint density at radius 2 is 1.77 bits per heavy atom. The van der Waals surface area contributed by atoms with E-state index in [1.165, 1.54) is 24.3 Å². The van der Waals surface area contributed by atoms with Gasteiger partial charge in [0.2, 0.25) is 0 Å². The van der Waals surface area contributed by atoms with Crippen molar-refractivity contribution in [3.8, 4) is 0 Å². The first-order valence-corrected chi connectivity index (χ1v) is 6.24. The van der Waals surface area contributed by atoms with E-state index in [-0.39, 0.29) is 29.0 Å². The number of aromatic carboxylic acids is 1. The Morgan fingerprint density at radius 1 is 1.09 bits per heavy atom. The van der Waals surface area contributed by atoms with Crippen molar-refractivity contribution in [2.24, 2.45) is 0 Å². The summed E-state index contributed by atoms with van der Waals surface area (Å²) >= 11 is 0. The van der Waals surface area contributed by atoms with Crippen LogP contribution in [0, 0.1) is 11.6 Å². The Hall–Kier alpha value is -2.96. The van der Waals surface area contributed by atoms with Crippen LogP contribution in [0.2, 0.25) is 0 Å². The van der Waals surface area contributed by atoms with E-state index in [2.05, 4.69) is 5.32 Å². The maximum atomic E-state index is 13.0. The molecular weight excluding hydrogens is 294 g/mol. The van der Waals surface area contributed by atoms with Crippen LogP contribution in [0.1, 0.15) is 20.7 Å². The molecule has 0 atom stereocenters. The van der Waals surface area contributed by atoms with Gasteiger partial charge in [0.05, 0.1) is 17.8 Å². The molecule has 0 aliphatic carbocycles. The average molecular weight is 306 g/mol. The molecule has 2 aromatic rings. The van der Waals surface area contributed by atoms with Gasteiger partial charge in [0.25, 0.3) is 0 Å². The lowest BCUT2D eigenvalue weighted by molar-refractivity contribution is 0.0698. The average Bonchev–Trinajstić information content (AvgIpc) is 2.48. The molecule has 0 radical (unpaired) electrons. The highest BCUT2D eigenvalue weighted by Crippen LogP contribution is 2.19. The number of hydrogen-bond donors (Lipinski definition) is 3. The molecule has 2 aromatic carbocycles. The number of benzene rings is 2. The number of Topliss-reactive ketones (excluding diaryl/α,β-unsaturated/α-hetero) is 1. The van der Waals surface area contributed by atoms with Crippen molar-refractivity contribution in [2.75, 3.05) is 17.6 Å². The third-order valence-electron chi connectivity index (χ3n) is 3.01. The van der Waals surface area contributed by atoms with Gasteiger partial charge in [-0.2, -0.15) is 0 Å². The summed E-state index contributed by atoms with van der Waals surface area (Å²) in [6.07, 6.45) is 0. The van der Waals surface area contributed by atoms with Gasteiger partial charge < -0.3 is 16.2 Å². The molecule has 0 saturated carbocycles. The number of halogens is 2. The third kappa shape index (κ3) is 3.20. The number of para-hydroxylation sites is 1. The zero-order valence-corrected chi connectivity index (χ0v) is 11.3. The number of nitrogens with two attached hydrogens (primary N) is 1. The summed E-state index contributed by atoms with van der Waals surface area (Å²) < 4.78 is 25.8. The molecule has 114 valence electrons. The van der Waals surface area contributed by atoms with E-state index in [1.807, 2.05) is 0 Å². The number of carboxylic acids is 1. The van der Waals surface area contributed by atoms with Crippen LogP contribution >= 0.6 is 0 Å². The third-order valence-corrected chi connectivity index (χ3v) is 3.01. The molecule has 0 aliphatic heterocycles. The predicted octanol–water partition coefficient (Wildman–Crippen LogP) is 2.54. The van der Waals surface area contributed by atoms with Crippen LogP contribution < -0.4 is 11.1 Å². The summed E-state index contributed by atoms with van der Waals surface area (Å²) in [5, 5.41) is 11.6. The molecule has 0 aliphatic rings. The van der Waals surface area contributed by atoms with Crippen LogP contribution in [0.15, 0.2) is 36.4 Å². The minimum Gasteiger partial charge on any atom is -0.478 e. The second kappa shape index (κ2) is 6.21. The van der Waals surface area contributed by atoms with Gasteiger partial charge in [-0.25, -0.2) is 13.6 Å². The number of nitrogens with one attached hydrogen (secondary N) is 1. The molecule has 0 saturated heterocycles. The van der Waals surface area contributed by atoms with Gasteiger partial charge in [-0.05, 0) is 24.3 Å². The van der Waals surface area contributed by atoms with Gasteiger partial charge in [0, 0.05) is 17.3 Å². The highest BCUT2D eigenvalue weighted by molar-refractivity contribution is 6.07. The monoisotopic (exact) mass is 306 g/mol. The lowest BCUT2D eigenvalue weighted by atomic mass is 10.0. The number of anilines is 2. The van der Waals surface area contributed by atoms with Gasteiger partial charge in [0.1, 0.15) is 0 Å². The molecule has 5 nitrogen and oxygen atoms in total. The summed E-state index contributed by atoms with van der Waals surface area (Å²) in [5.74, 6) is -3.73. The van der Waals surface area contributed by atoms with E-state index >= 15 is 0 Å². The van der Waals surface area contributed by atoms with E-state index in [9.17, 15) is 18.4 Å². The number of nitrogen functional groups attached to an aromatic ring is 1. The van der Waals surface area contributed by atoms with Crippen molar-refractivity contribution in [1.82, 2.24) is 0 Å². The minimum atomic E-state index is -1.24. The smallest absolute Gasteiger partial charge is 0.337 e. The molecule has 7 heteroatoms. The first-order valence-electron chi connectivity index (χ1n) is 6.24. The van der Waals surface area contributed by atoms with Crippen LogP contribution in [0.4, 0.5) is 20.2 Å². The predicted molar refractivity (Wildman–Crippen MR) is 77.0 cm³/mol. The molecule has 4 N–H and O–H groups in total. The fourth-order valence-corrected chi connectivity index (χ4v) is 1.88. The lowest BCUT2D eigenvalue weighted by Gasteiger charge is -2.09. The van der Waals surface area contributed by atoms with Crippen molar-refractivity contribution in [1.29, 1.82) is 0 Å². The Bertz CT molecular complexity index is 748. The molecule has 0 unspecified atom stereocenters. The van der Waals surface area contributed by atoms with Gasteiger partial charge in [0.15, 0.2) is 17.4 Å². The zero-order valence-electron chi connectivity index (χ0n) is 11.3. The Morgan fingerprint density at radius 3 is 2.41 bits per heavy atom. The molecule has 2 rings (SSSR count). The number of rotatable bonds is 5. The highest BCUT2D eigenvalue weighted by atomic mass is 19.2. The molecule has 0 amide bonds. The molecule has 0 bridgehead atoms. The topological polar surface area (TPSA) is 92.4 Å². The number of carbonyl (C=O) groups is 2. The van der Waals surface area contributed by atoms with Crippen molar-refractivity contribution >= 4 is 23.1 Å². The Labute approximate surface area is 124 Å². The Kier molecular flexibility index (Phi) is 4.36. The first-order chi connectivity index (χ1) is 10.4. The normalized spacial score (nSPS) is 10.3. The summed E-state index contributed by atoms with van der Waals surface area (Å²) in [6, 6.07) is 7.22. The summed E-state index contributed by atoms with van der Waals surface area (Å²) in [5.41, 5.74) is 5.63. The molecular formula is C15H12F2N2O3. The zero-order chi connectivity index (χ0) is 16.3. The van der Waals surface area contributed by atoms with E-state index < -0.39 is 23.4 Å². The number of carbonyl (C=O) groups excluding carboxylic acids is 1.